The van der Waals surface area contributed by atoms with Crippen LogP contribution in [0.25, 0.3) is 0 Å². The maximum absolute atomic E-state index is 3.70. The second kappa shape index (κ2) is 6.38. The van der Waals surface area contributed by atoms with Crippen molar-refractivity contribution in [3.8, 4) is 0 Å². The zero-order chi connectivity index (χ0) is 13.9. The Hall–Kier alpha value is -0.0800. The second-order valence-corrected chi connectivity index (χ2v) is 7.35. The van der Waals surface area contributed by atoms with Crippen molar-refractivity contribution in [2.75, 3.05) is 13.1 Å². The molecule has 0 bridgehead atoms. The van der Waals surface area contributed by atoms with Crippen molar-refractivity contribution in [2.45, 2.75) is 78.9 Å². The van der Waals surface area contributed by atoms with E-state index in [9.17, 15) is 0 Å². The van der Waals surface area contributed by atoms with Crippen LogP contribution in [-0.2, 0) is 0 Å². The lowest BCUT2D eigenvalue weighted by Gasteiger charge is -2.49. The monoisotopic (exact) mass is 254 g/mol. The van der Waals surface area contributed by atoms with Crippen LogP contribution in [0.15, 0.2) is 0 Å². The van der Waals surface area contributed by atoms with E-state index in [0.717, 1.165) is 18.4 Å². The van der Waals surface area contributed by atoms with Crippen molar-refractivity contribution in [3.63, 3.8) is 0 Å². The summed E-state index contributed by atoms with van der Waals surface area (Å²) in [6.45, 7) is 18.8. The van der Waals surface area contributed by atoms with E-state index in [-0.39, 0.29) is 5.54 Å². The van der Waals surface area contributed by atoms with Gasteiger partial charge >= 0.3 is 0 Å². The van der Waals surface area contributed by atoms with E-state index in [0.29, 0.717) is 12.1 Å². The lowest BCUT2D eigenvalue weighted by molar-refractivity contribution is 0.0297. The van der Waals surface area contributed by atoms with Gasteiger partial charge in [0.2, 0.25) is 0 Å². The Balaban J connectivity index is 2.71. The van der Waals surface area contributed by atoms with Crippen LogP contribution in [0.4, 0.5) is 0 Å². The van der Waals surface area contributed by atoms with Crippen LogP contribution in [0.2, 0.25) is 0 Å². The van der Waals surface area contributed by atoms with Crippen molar-refractivity contribution in [1.29, 1.82) is 0 Å². The van der Waals surface area contributed by atoms with Crippen LogP contribution in [-0.4, -0.2) is 35.6 Å². The van der Waals surface area contributed by atoms with E-state index < -0.39 is 0 Å². The molecule has 0 aromatic heterocycles. The first-order chi connectivity index (χ1) is 8.26. The molecule has 0 aromatic carbocycles. The molecule has 1 heterocycles. The molecular formula is C16H34N2. The summed E-state index contributed by atoms with van der Waals surface area (Å²) >= 11 is 0. The normalized spacial score (nSPS) is 28.3. The van der Waals surface area contributed by atoms with Crippen molar-refractivity contribution < 1.29 is 0 Å². The zero-order valence-corrected chi connectivity index (χ0v) is 13.6. The van der Waals surface area contributed by atoms with E-state index in [4.69, 9.17) is 0 Å². The number of nitrogens with zero attached hydrogens (tertiary/aromatic N) is 1. The molecule has 0 radical (unpaired) electrons. The average Bonchev–Trinajstić information content (AvgIpc) is 2.26. The van der Waals surface area contributed by atoms with Gasteiger partial charge in [-0.25, -0.2) is 0 Å². The molecule has 0 amide bonds. The van der Waals surface area contributed by atoms with Crippen LogP contribution in [0, 0.1) is 11.8 Å². The maximum atomic E-state index is 3.70. The van der Waals surface area contributed by atoms with Gasteiger partial charge in [-0.3, -0.25) is 4.90 Å². The first-order valence-corrected chi connectivity index (χ1v) is 7.77. The molecule has 0 aromatic rings. The molecular weight excluding hydrogens is 220 g/mol. The third-order valence-corrected chi connectivity index (χ3v) is 4.57. The maximum Gasteiger partial charge on any atom is 0.0253 e. The summed E-state index contributed by atoms with van der Waals surface area (Å²) in [6, 6.07) is 1.39. The molecule has 1 rings (SSSR count). The minimum atomic E-state index is 0.259. The highest BCUT2D eigenvalue weighted by Crippen LogP contribution is 2.25. The fourth-order valence-corrected chi connectivity index (χ4v) is 3.11. The number of hydrogen-bond donors (Lipinski definition) is 1. The van der Waals surface area contributed by atoms with Crippen LogP contribution in [0.3, 0.4) is 0 Å². The molecule has 0 aliphatic carbocycles. The Morgan fingerprint density at radius 1 is 1.22 bits per heavy atom. The van der Waals surface area contributed by atoms with Gasteiger partial charge in [-0.1, -0.05) is 34.1 Å². The van der Waals surface area contributed by atoms with Gasteiger partial charge in [0.1, 0.15) is 0 Å². The fourth-order valence-electron chi connectivity index (χ4n) is 3.11. The zero-order valence-electron chi connectivity index (χ0n) is 13.6. The van der Waals surface area contributed by atoms with Gasteiger partial charge in [-0.05, 0) is 39.0 Å². The molecule has 1 fully saturated rings. The molecule has 2 nitrogen and oxygen atoms in total. The summed E-state index contributed by atoms with van der Waals surface area (Å²) in [5.74, 6) is 1.57. The number of nitrogens with one attached hydrogen (secondary N) is 1. The Bertz CT molecular complexity index is 247. The van der Waals surface area contributed by atoms with Crippen molar-refractivity contribution in [1.82, 2.24) is 10.2 Å². The average molecular weight is 254 g/mol. The Morgan fingerprint density at radius 3 is 2.33 bits per heavy atom. The highest BCUT2D eigenvalue weighted by Gasteiger charge is 2.36. The third kappa shape index (κ3) is 4.24. The van der Waals surface area contributed by atoms with Crippen molar-refractivity contribution in [3.05, 3.63) is 0 Å². The molecule has 108 valence electrons. The van der Waals surface area contributed by atoms with E-state index >= 15 is 0 Å². The van der Waals surface area contributed by atoms with Crippen LogP contribution < -0.4 is 5.32 Å². The van der Waals surface area contributed by atoms with Gasteiger partial charge in [0.05, 0.1) is 0 Å². The highest BCUT2D eigenvalue weighted by molar-refractivity contribution is 4.95. The van der Waals surface area contributed by atoms with E-state index in [1.165, 1.54) is 19.4 Å². The van der Waals surface area contributed by atoms with Gasteiger partial charge in [0.25, 0.3) is 0 Å². The largest absolute Gasteiger partial charge is 0.309 e. The minimum absolute atomic E-state index is 0.259. The molecule has 1 aliphatic heterocycles. The van der Waals surface area contributed by atoms with Gasteiger partial charge in [0.15, 0.2) is 0 Å². The standard InChI is InChI=1S/C16H34N2/c1-8-13(4)9-14(5)18-11-16(6,7)17-10-15(18)12(2)3/h12-15,17H,8-11H2,1-7H3. The molecule has 3 unspecified atom stereocenters. The van der Waals surface area contributed by atoms with Gasteiger partial charge < -0.3 is 5.32 Å². The number of rotatable bonds is 5. The number of hydrogen-bond acceptors (Lipinski definition) is 2. The highest BCUT2D eigenvalue weighted by atomic mass is 15.3. The van der Waals surface area contributed by atoms with Gasteiger partial charge in [-0.2, -0.15) is 0 Å². The minimum Gasteiger partial charge on any atom is -0.309 e. The molecule has 1 aliphatic rings. The molecule has 0 saturated carbocycles. The lowest BCUT2D eigenvalue weighted by atomic mass is 9.89. The van der Waals surface area contributed by atoms with Crippen LogP contribution in [0.5, 0.6) is 0 Å². The molecule has 18 heavy (non-hydrogen) atoms. The smallest absolute Gasteiger partial charge is 0.0253 e. The Morgan fingerprint density at radius 2 is 1.83 bits per heavy atom. The summed E-state index contributed by atoms with van der Waals surface area (Å²) < 4.78 is 0. The quantitative estimate of drug-likeness (QED) is 0.807. The molecule has 2 heteroatoms. The molecule has 0 spiro atoms. The topological polar surface area (TPSA) is 15.3 Å². The SMILES string of the molecule is CCC(C)CC(C)N1CC(C)(C)NCC1C(C)C. The summed E-state index contributed by atoms with van der Waals surface area (Å²) in [6.07, 6.45) is 2.63. The van der Waals surface area contributed by atoms with E-state index in [1.54, 1.807) is 0 Å². The summed E-state index contributed by atoms with van der Waals surface area (Å²) in [4.78, 5) is 2.76. The number of piperazine rings is 1. The second-order valence-electron chi connectivity index (χ2n) is 7.35. The molecule has 1 saturated heterocycles. The summed E-state index contributed by atoms with van der Waals surface area (Å²) in [5, 5.41) is 3.70. The molecule has 3 atom stereocenters. The molecule has 1 N–H and O–H groups in total. The van der Waals surface area contributed by atoms with Crippen molar-refractivity contribution >= 4 is 0 Å². The summed E-state index contributed by atoms with van der Waals surface area (Å²) in [7, 11) is 0. The van der Waals surface area contributed by atoms with E-state index in [2.05, 4.69) is 58.7 Å². The van der Waals surface area contributed by atoms with Crippen molar-refractivity contribution in [2.24, 2.45) is 11.8 Å². The Labute approximate surface area is 115 Å². The predicted molar refractivity (Wildman–Crippen MR) is 80.9 cm³/mol. The van der Waals surface area contributed by atoms with Crippen LogP contribution in [0.1, 0.15) is 61.3 Å². The van der Waals surface area contributed by atoms with Crippen LogP contribution >= 0.6 is 0 Å². The van der Waals surface area contributed by atoms with E-state index in [1.807, 2.05) is 0 Å². The lowest BCUT2D eigenvalue weighted by Crippen LogP contribution is -2.64. The first kappa shape index (κ1) is 16.0. The summed E-state index contributed by atoms with van der Waals surface area (Å²) in [5.41, 5.74) is 0.259. The fraction of sp³-hybridized carbons (Fsp3) is 1.00. The first-order valence-electron chi connectivity index (χ1n) is 7.77. The Kier molecular flexibility index (Phi) is 5.67. The van der Waals surface area contributed by atoms with Gasteiger partial charge in [-0.15, -0.1) is 0 Å². The van der Waals surface area contributed by atoms with Gasteiger partial charge in [0, 0.05) is 30.7 Å². The third-order valence-electron chi connectivity index (χ3n) is 4.57. The predicted octanol–water partition coefficient (Wildman–Crippen LogP) is 3.52.